The smallest absolute Gasteiger partial charge is 0.267 e. The molecule has 1 aromatic rings. The summed E-state index contributed by atoms with van der Waals surface area (Å²) >= 11 is 3.36. The van der Waals surface area contributed by atoms with Gasteiger partial charge in [0.25, 0.3) is 5.91 Å². The molecule has 1 aliphatic rings. The number of hydrogen-bond acceptors (Lipinski definition) is 2. The minimum absolute atomic E-state index is 0.0166. The SMILES string of the molecule is Cn1cc(Br)cc1C(=O)NCCC1CCOC1. The van der Waals surface area contributed by atoms with Crippen molar-refractivity contribution in [2.45, 2.75) is 12.8 Å². The van der Waals surface area contributed by atoms with Crippen LogP contribution in [0, 0.1) is 5.92 Å². The quantitative estimate of drug-likeness (QED) is 0.923. The predicted molar refractivity (Wildman–Crippen MR) is 69.0 cm³/mol. The average Bonchev–Trinajstić information content (AvgIpc) is 2.88. The van der Waals surface area contributed by atoms with E-state index in [4.69, 9.17) is 4.74 Å². The largest absolute Gasteiger partial charge is 0.381 e. The summed E-state index contributed by atoms with van der Waals surface area (Å²) in [5.74, 6) is 0.590. The second-order valence-electron chi connectivity index (χ2n) is 4.43. The monoisotopic (exact) mass is 300 g/mol. The van der Waals surface area contributed by atoms with Crippen LogP contribution in [0.3, 0.4) is 0 Å². The molecule has 0 spiro atoms. The van der Waals surface area contributed by atoms with Crippen LogP contribution >= 0.6 is 15.9 Å². The molecule has 17 heavy (non-hydrogen) atoms. The third-order valence-corrected chi connectivity index (χ3v) is 3.50. The molecule has 94 valence electrons. The van der Waals surface area contributed by atoms with Gasteiger partial charge in [0.2, 0.25) is 0 Å². The molecule has 1 N–H and O–H groups in total. The molecule has 1 aliphatic heterocycles. The summed E-state index contributed by atoms with van der Waals surface area (Å²) in [6.07, 6.45) is 3.99. The van der Waals surface area contributed by atoms with Gasteiger partial charge in [0.15, 0.2) is 0 Å². The highest BCUT2D eigenvalue weighted by Gasteiger charge is 2.16. The van der Waals surface area contributed by atoms with Gasteiger partial charge in [-0.05, 0) is 40.8 Å². The number of nitrogens with one attached hydrogen (secondary N) is 1. The molecule has 0 radical (unpaired) electrons. The molecular formula is C12H17BrN2O2. The van der Waals surface area contributed by atoms with Gasteiger partial charge >= 0.3 is 0 Å². The van der Waals surface area contributed by atoms with Crippen molar-refractivity contribution in [2.24, 2.45) is 13.0 Å². The Labute approximate surface area is 109 Å². The number of carbonyl (C=O) groups is 1. The van der Waals surface area contributed by atoms with E-state index in [1.54, 1.807) is 0 Å². The number of rotatable bonds is 4. The standard InChI is InChI=1S/C12H17BrN2O2/c1-15-7-10(13)6-11(15)12(16)14-4-2-9-3-5-17-8-9/h6-7,9H,2-5,8H2,1H3,(H,14,16). The molecule has 1 atom stereocenters. The molecule has 5 heteroatoms. The summed E-state index contributed by atoms with van der Waals surface area (Å²) in [4.78, 5) is 11.9. The summed E-state index contributed by atoms with van der Waals surface area (Å²) in [6, 6.07) is 1.83. The fourth-order valence-corrected chi connectivity index (χ4v) is 2.57. The zero-order valence-electron chi connectivity index (χ0n) is 9.91. The van der Waals surface area contributed by atoms with Crippen molar-refractivity contribution in [3.05, 3.63) is 22.4 Å². The normalized spacial score (nSPS) is 19.5. The zero-order valence-corrected chi connectivity index (χ0v) is 11.5. The molecule has 2 heterocycles. The maximum Gasteiger partial charge on any atom is 0.267 e. The lowest BCUT2D eigenvalue weighted by Gasteiger charge is -2.09. The number of hydrogen-bond donors (Lipinski definition) is 1. The first-order valence-corrected chi connectivity index (χ1v) is 6.64. The number of nitrogens with zero attached hydrogens (tertiary/aromatic N) is 1. The molecular weight excluding hydrogens is 284 g/mol. The van der Waals surface area contributed by atoms with Crippen molar-refractivity contribution in [1.29, 1.82) is 0 Å². The van der Waals surface area contributed by atoms with Crippen LogP contribution in [0.2, 0.25) is 0 Å². The van der Waals surface area contributed by atoms with E-state index in [1.807, 2.05) is 23.9 Å². The van der Waals surface area contributed by atoms with E-state index in [1.165, 1.54) is 0 Å². The van der Waals surface area contributed by atoms with Gasteiger partial charge in [-0.15, -0.1) is 0 Å². The minimum Gasteiger partial charge on any atom is -0.381 e. The van der Waals surface area contributed by atoms with E-state index >= 15 is 0 Å². The Morgan fingerprint density at radius 3 is 3.12 bits per heavy atom. The molecule has 1 saturated heterocycles. The van der Waals surface area contributed by atoms with E-state index in [0.29, 0.717) is 11.6 Å². The van der Waals surface area contributed by atoms with Gasteiger partial charge in [-0.25, -0.2) is 0 Å². The van der Waals surface area contributed by atoms with Crippen LogP contribution in [-0.2, 0) is 11.8 Å². The van der Waals surface area contributed by atoms with Crippen molar-refractivity contribution in [2.75, 3.05) is 19.8 Å². The summed E-state index contributed by atoms with van der Waals surface area (Å²) < 4.78 is 8.04. The topological polar surface area (TPSA) is 43.3 Å². The molecule has 0 saturated carbocycles. The Bertz CT molecular complexity index is 397. The Balaban J connectivity index is 1.78. The molecule has 1 amide bonds. The Kier molecular flexibility index (Phi) is 4.23. The maximum absolute atomic E-state index is 11.9. The molecule has 2 rings (SSSR count). The second-order valence-corrected chi connectivity index (χ2v) is 5.34. The van der Waals surface area contributed by atoms with Gasteiger partial charge in [0.1, 0.15) is 5.69 Å². The molecule has 4 nitrogen and oxygen atoms in total. The van der Waals surface area contributed by atoms with Crippen LogP contribution in [0.25, 0.3) is 0 Å². The lowest BCUT2D eigenvalue weighted by molar-refractivity contribution is 0.0942. The van der Waals surface area contributed by atoms with Crippen LogP contribution in [0.1, 0.15) is 23.3 Å². The fourth-order valence-electron chi connectivity index (χ4n) is 2.04. The molecule has 1 fully saturated rings. The third kappa shape index (κ3) is 3.33. The van der Waals surface area contributed by atoms with E-state index < -0.39 is 0 Å². The second kappa shape index (κ2) is 5.69. The lowest BCUT2D eigenvalue weighted by Crippen LogP contribution is -2.27. The molecule has 0 aromatic carbocycles. The van der Waals surface area contributed by atoms with E-state index in [0.717, 1.165) is 37.1 Å². The molecule has 1 aromatic heterocycles. The van der Waals surface area contributed by atoms with Crippen molar-refractivity contribution < 1.29 is 9.53 Å². The van der Waals surface area contributed by atoms with Crippen LogP contribution in [0.5, 0.6) is 0 Å². The third-order valence-electron chi connectivity index (χ3n) is 3.07. The fraction of sp³-hybridized carbons (Fsp3) is 0.583. The summed E-state index contributed by atoms with van der Waals surface area (Å²) in [6.45, 7) is 2.42. The highest BCUT2D eigenvalue weighted by atomic mass is 79.9. The number of aromatic nitrogens is 1. The maximum atomic E-state index is 11.9. The van der Waals surface area contributed by atoms with Gasteiger partial charge in [0, 0.05) is 37.5 Å². The van der Waals surface area contributed by atoms with Crippen molar-refractivity contribution in [1.82, 2.24) is 9.88 Å². The van der Waals surface area contributed by atoms with Gasteiger partial charge in [-0.1, -0.05) is 0 Å². The minimum atomic E-state index is -0.0166. The Morgan fingerprint density at radius 2 is 2.53 bits per heavy atom. The van der Waals surface area contributed by atoms with Crippen molar-refractivity contribution in [3.63, 3.8) is 0 Å². The van der Waals surface area contributed by atoms with Gasteiger partial charge in [-0.3, -0.25) is 4.79 Å². The summed E-state index contributed by atoms with van der Waals surface area (Å²) in [5.41, 5.74) is 0.680. The van der Waals surface area contributed by atoms with Crippen LogP contribution < -0.4 is 5.32 Å². The highest BCUT2D eigenvalue weighted by Crippen LogP contribution is 2.16. The molecule has 0 aliphatic carbocycles. The lowest BCUT2D eigenvalue weighted by atomic mass is 10.1. The van der Waals surface area contributed by atoms with Crippen LogP contribution in [-0.4, -0.2) is 30.2 Å². The molecule has 0 bridgehead atoms. The number of aryl methyl sites for hydroxylation is 1. The first-order chi connectivity index (χ1) is 8.16. The van der Waals surface area contributed by atoms with Gasteiger partial charge < -0.3 is 14.6 Å². The van der Waals surface area contributed by atoms with Gasteiger partial charge in [0.05, 0.1) is 0 Å². The first-order valence-electron chi connectivity index (χ1n) is 5.84. The van der Waals surface area contributed by atoms with Crippen molar-refractivity contribution >= 4 is 21.8 Å². The molecule has 1 unspecified atom stereocenters. The highest BCUT2D eigenvalue weighted by molar-refractivity contribution is 9.10. The first kappa shape index (κ1) is 12.6. The Morgan fingerprint density at radius 1 is 1.71 bits per heavy atom. The Hall–Kier alpha value is -0.810. The van der Waals surface area contributed by atoms with Gasteiger partial charge in [-0.2, -0.15) is 0 Å². The predicted octanol–water partition coefficient (Wildman–Crippen LogP) is 1.94. The number of halogens is 1. The number of ether oxygens (including phenoxy) is 1. The number of amides is 1. The number of carbonyl (C=O) groups excluding carboxylic acids is 1. The van der Waals surface area contributed by atoms with E-state index in [-0.39, 0.29) is 5.91 Å². The average molecular weight is 301 g/mol. The van der Waals surface area contributed by atoms with Crippen LogP contribution in [0.15, 0.2) is 16.7 Å². The zero-order chi connectivity index (χ0) is 12.3. The summed E-state index contributed by atoms with van der Waals surface area (Å²) in [7, 11) is 1.87. The van der Waals surface area contributed by atoms with Crippen molar-refractivity contribution in [3.8, 4) is 0 Å². The van der Waals surface area contributed by atoms with Crippen LogP contribution in [0.4, 0.5) is 0 Å². The van der Waals surface area contributed by atoms with E-state index in [2.05, 4.69) is 21.2 Å². The van der Waals surface area contributed by atoms with E-state index in [9.17, 15) is 4.79 Å². The summed E-state index contributed by atoms with van der Waals surface area (Å²) in [5, 5.41) is 2.94.